The number of terminal acetylenes is 1. The fourth-order valence-corrected chi connectivity index (χ4v) is 1.19. The van der Waals surface area contributed by atoms with Crippen LogP contribution in [0.1, 0.15) is 0 Å². The predicted molar refractivity (Wildman–Crippen MR) is 44.4 cm³/mol. The van der Waals surface area contributed by atoms with Crippen molar-refractivity contribution in [1.29, 1.82) is 0 Å². The summed E-state index contributed by atoms with van der Waals surface area (Å²) in [6.07, 6.45) is 4.91. The van der Waals surface area contributed by atoms with Crippen molar-refractivity contribution < 1.29 is 9.53 Å². The van der Waals surface area contributed by atoms with E-state index in [1.165, 1.54) is 0 Å². The van der Waals surface area contributed by atoms with Crippen LogP contribution in [0, 0.1) is 12.3 Å². The van der Waals surface area contributed by atoms with E-state index in [1.54, 1.807) is 0 Å². The Bertz CT molecular complexity index is 210. The molecule has 66 valence electrons. The minimum Gasteiger partial charge on any atom is -0.378 e. The molecule has 0 aromatic heterocycles. The summed E-state index contributed by atoms with van der Waals surface area (Å²) < 4.78 is 5.16. The molecule has 4 heteroatoms. The molecule has 0 saturated carbocycles. The smallest absolute Gasteiger partial charge is 0.295 e. The highest BCUT2D eigenvalue weighted by Gasteiger charge is 2.27. The minimum absolute atomic E-state index is 0.00134. The highest BCUT2D eigenvalue weighted by atomic mass is 16.5. The Hall–Kier alpha value is -1.05. The SMILES string of the molecule is C#CC(=O)N[C@H]1COC[C@H]1NC. The van der Waals surface area contributed by atoms with Gasteiger partial charge in [-0.15, -0.1) is 6.42 Å². The summed E-state index contributed by atoms with van der Waals surface area (Å²) in [6.45, 7) is 1.14. The molecule has 1 aliphatic rings. The molecule has 1 amide bonds. The fourth-order valence-electron chi connectivity index (χ4n) is 1.19. The van der Waals surface area contributed by atoms with Crippen LogP contribution in [0.15, 0.2) is 0 Å². The van der Waals surface area contributed by atoms with Gasteiger partial charge in [0, 0.05) is 0 Å². The molecule has 0 unspecified atom stereocenters. The van der Waals surface area contributed by atoms with E-state index in [1.807, 2.05) is 13.0 Å². The zero-order valence-corrected chi connectivity index (χ0v) is 6.96. The number of hydrogen-bond acceptors (Lipinski definition) is 3. The van der Waals surface area contributed by atoms with Gasteiger partial charge in [-0.2, -0.15) is 0 Å². The highest BCUT2D eigenvalue weighted by Crippen LogP contribution is 2.04. The second-order valence-electron chi connectivity index (χ2n) is 2.66. The van der Waals surface area contributed by atoms with Gasteiger partial charge in [-0.1, -0.05) is 0 Å². The summed E-state index contributed by atoms with van der Waals surface area (Å²) in [5.41, 5.74) is 0. The lowest BCUT2D eigenvalue weighted by molar-refractivity contribution is -0.116. The van der Waals surface area contributed by atoms with Crippen LogP contribution in [0.5, 0.6) is 0 Å². The number of hydrogen-bond donors (Lipinski definition) is 2. The normalized spacial score (nSPS) is 28.0. The molecule has 1 saturated heterocycles. The zero-order valence-electron chi connectivity index (χ0n) is 6.96. The van der Waals surface area contributed by atoms with Crippen molar-refractivity contribution in [2.45, 2.75) is 12.1 Å². The Morgan fingerprint density at radius 1 is 1.58 bits per heavy atom. The summed E-state index contributed by atoms with van der Waals surface area (Å²) >= 11 is 0. The lowest BCUT2D eigenvalue weighted by atomic mass is 10.2. The van der Waals surface area contributed by atoms with Crippen molar-refractivity contribution in [2.24, 2.45) is 0 Å². The third-order valence-corrected chi connectivity index (χ3v) is 1.90. The standard InChI is InChI=1S/C8H12N2O2/c1-3-8(11)10-7-5-12-4-6(7)9-2/h1,6-7,9H,4-5H2,2H3,(H,10,11)/t6-,7+/m1/s1. The lowest BCUT2D eigenvalue weighted by Crippen LogP contribution is -2.47. The quantitative estimate of drug-likeness (QED) is 0.505. The Balaban J connectivity index is 2.41. The van der Waals surface area contributed by atoms with Crippen LogP contribution in [0.25, 0.3) is 0 Å². The van der Waals surface area contributed by atoms with Crippen molar-refractivity contribution in [2.75, 3.05) is 20.3 Å². The molecule has 0 aromatic carbocycles. The summed E-state index contributed by atoms with van der Waals surface area (Å²) in [5.74, 6) is 1.62. The largest absolute Gasteiger partial charge is 0.378 e. The van der Waals surface area contributed by atoms with Gasteiger partial charge in [0.1, 0.15) is 0 Å². The maximum atomic E-state index is 10.8. The van der Waals surface area contributed by atoms with Crippen molar-refractivity contribution >= 4 is 5.91 Å². The molecule has 1 fully saturated rings. The van der Waals surface area contributed by atoms with Crippen molar-refractivity contribution in [3.63, 3.8) is 0 Å². The summed E-state index contributed by atoms with van der Waals surface area (Å²) in [6, 6.07) is 0.167. The number of rotatable bonds is 2. The molecule has 2 N–H and O–H groups in total. The Morgan fingerprint density at radius 2 is 2.25 bits per heavy atom. The van der Waals surface area contributed by atoms with Gasteiger partial charge >= 0.3 is 0 Å². The molecule has 1 rings (SSSR count). The Labute approximate surface area is 71.7 Å². The van der Waals surface area contributed by atoms with Gasteiger partial charge in [0.15, 0.2) is 0 Å². The molecule has 0 radical (unpaired) electrons. The van der Waals surface area contributed by atoms with E-state index in [2.05, 4.69) is 10.6 Å². The first kappa shape index (κ1) is 9.04. The van der Waals surface area contributed by atoms with Gasteiger partial charge in [-0.05, 0) is 13.0 Å². The highest BCUT2D eigenvalue weighted by molar-refractivity contribution is 5.93. The molecule has 4 nitrogen and oxygen atoms in total. The third kappa shape index (κ3) is 1.97. The average Bonchev–Trinajstić information content (AvgIpc) is 2.51. The topological polar surface area (TPSA) is 50.4 Å². The predicted octanol–water partition coefficient (Wildman–Crippen LogP) is -1.28. The monoisotopic (exact) mass is 168 g/mol. The van der Waals surface area contributed by atoms with Crippen molar-refractivity contribution in [3.05, 3.63) is 0 Å². The first-order valence-electron chi connectivity index (χ1n) is 3.80. The van der Waals surface area contributed by atoms with Crippen LogP contribution in [-0.4, -0.2) is 38.3 Å². The molecule has 0 aliphatic carbocycles. The molecule has 12 heavy (non-hydrogen) atoms. The number of nitrogens with one attached hydrogen (secondary N) is 2. The summed E-state index contributed by atoms with van der Waals surface area (Å²) in [7, 11) is 1.83. The van der Waals surface area contributed by atoms with Crippen LogP contribution in [0.2, 0.25) is 0 Å². The molecule has 0 bridgehead atoms. The second-order valence-corrected chi connectivity index (χ2v) is 2.66. The van der Waals surface area contributed by atoms with Gasteiger partial charge in [-0.25, -0.2) is 0 Å². The molecule has 1 heterocycles. The molecule has 1 aliphatic heterocycles. The van der Waals surface area contributed by atoms with Gasteiger partial charge in [0.25, 0.3) is 5.91 Å². The molecule has 0 aromatic rings. The van der Waals surface area contributed by atoms with Crippen LogP contribution in [0.3, 0.4) is 0 Å². The van der Waals surface area contributed by atoms with Crippen LogP contribution < -0.4 is 10.6 Å². The molecule has 0 spiro atoms. The fraction of sp³-hybridized carbons (Fsp3) is 0.625. The van der Waals surface area contributed by atoms with E-state index in [0.29, 0.717) is 13.2 Å². The number of carbonyl (C=O) groups is 1. The molecular weight excluding hydrogens is 156 g/mol. The first-order valence-corrected chi connectivity index (χ1v) is 3.80. The Morgan fingerprint density at radius 3 is 2.83 bits per heavy atom. The van der Waals surface area contributed by atoms with E-state index in [4.69, 9.17) is 11.2 Å². The van der Waals surface area contributed by atoms with Gasteiger partial charge in [0.2, 0.25) is 0 Å². The van der Waals surface area contributed by atoms with Gasteiger partial charge in [-0.3, -0.25) is 4.79 Å². The second kappa shape index (κ2) is 4.10. The van der Waals surface area contributed by atoms with E-state index < -0.39 is 0 Å². The van der Waals surface area contributed by atoms with Crippen LogP contribution in [-0.2, 0) is 9.53 Å². The van der Waals surface area contributed by atoms with Crippen LogP contribution >= 0.6 is 0 Å². The number of ether oxygens (including phenoxy) is 1. The van der Waals surface area contributed by atoms with E-state index in [0.717, 1.165) is 0 Å². The first-order chi connectivity index (χ1) is 5.77. The Kier molecular flexibility index (Phi) is 3.09. The number of carbonyl (C=O) groups excluding carboxylic acids is 1. The maximum absolute atomic E-state index is 10.8. The molecule has 2 atom stereocenters. The summed E-state index contributed by atoms with van der Waals surface area (Å²) in [5, 5.41) is 5.70. The van der Waals surface area contributed by atoms with Crippen molar-refractivity contribution in [1.82, 2.24) is 10.6 Å². The van der Waals surface area contributed by atoms with E-state index >= 15 is 0 Å². The molecular formula is C8H12N2O2. The maximum Gasteiger partial charge on any atom is 0.295 e. The van der Waals surface area contributed by atoms with Gasteiger partial charge in [0.05, 0.1) is 25.3 Å². The zero-order chi connectivity index (χ0) is 8.97. The van der Waals surface area contributed by atoms with E-state index in [9.17, 15) is 4.79 Å². The van der Waals surface area contributed by atoms with Crippen molar-refractivity contribution in [3.8, 4) is 12.3 Å². The third-order valence-electron chi connectivity index (χ3n) is 1.90. The minimum atomic E-state index is -0.384. The summed E-state index contributed by atoms with van der Waals surface area (Å²) in [4.78, 5) is 10.8. The van der Waals surface area contributed by atoms with Gasteiger partial charge < -0.3 is 15.4 Å². The number of likely N-dealkylation sites (N-methyl/N-ethyl adjacent to an activating group) is 1. The van der Waals surface area contributed by atoms with E-state index in [-0.39, 0.29) is 18.0 Å². The number of amides is 1. The lowest BCUT2D eigenvalue weighted by Gasteiger charge is -2.16. The van der Waals surface area contributed by atoms with Crippen LogP contribution in [0.4, 0.5) is 0 Å². The average molecular weight is 168 g/mol.